The summed E-state index contributed by atoms with van der Waals surface area (Å²) >= 11 is 0. The van der Waals surface area contributed by atoms with E-state index in [0.717, 1.165) is 12.5 Å². The highest BCUT2D eigenvalue weighted by Crippen LogP contribution is 2.22. The molecule has 0 fully saturated rings. The zero-order valence-electron chi connectivity index (χ0n) is 13.6. The Morgan fingerprint density at radius 1 is 1.27 bits per heavy atom. The minimum absolute atomic E-state index is 0.0629. The van der Waals surface area contributed by atoms with Crippen molar-refractivity contribution in [2.75, 3.05) is 7.05 Å². The molecule has 1 aromatic carbocycles. The zero-order chi connectivity index (χ0) is 16.9. The first-order valence-corrected chi connectivity index (χ1v) is 7.46. The van der Waals surface area contributed by atoms with E-state index in [0.29, 0.717) is 13.0 Å². The molecule has 122 valence electrons. The summed E-state index contributed by atoms with van der Waals surface area (Å²) in [6.45, 7) is 5.39. The summed E-state index contributed by atoms with van der Waals surface area (Å²) in [5.41, 5.74) is -1.35. The van der Waals surface area contributed by atoms with Gasteiger partial charge in [-0.05, 0) is 25.5 Å². The van der Waals surface area contributed by atoms with Crippen LogP contribution in [0.4, 0.5) is 0 Å². The van der Waals surface area contributed by atoms with E-state index in [1.807, 2.05) is 49.1 Å². The van der Waals surface area contributed by atoms with Crippen molar-refractivity contribution in [3.05, 3.63) is 35.9 Å². The molecule has 1 rings (SSSR count). The molecule has 0 heterocycles. The van der Waals surface area contributed by atoms with Crippen LogP contribution in [0.1, 0.15) is 32.8 Å². The van der Waals surface area contributed by atoms with E-state index in [9.17, 15) is 14.7 Å². The van der Waals surface area contributed by atoms with Crippen LogP contribution in [-0.2, 0) is 16.1 Å². The van der Waals surface area contributed by atoms with E-state index in [1.165, 1.54) is 0 Å². The number of hydrogen-bond acceptors (Lipinski definition) is 4. The molecule has 0 saturated carbocycles. The fraction of sp³-hybridized carbons (Fsp3) is 0.529. The van der Waals surface area contributed by atoms with Crippen molar-refractivity contribution in [1.29, 1.82) is 0 Å². The van der Waals surface area contributed by atoms with Gasteiger partial charge in [0.2, 0.25) is 5.60 Å². The van der Waals surface area contributed by atoms with Crippen molar-refractivity contribution in [2.24, 2.45) is 5.92 Å². The monoisotopic (exact) mass is 307 g/mol. The molecular formula is C17H25NO4. The van der Waals surface area contributed by atoms with Crippen LogP contribution in [0.5, 0.6) is 0 Å². The number of aliphatic carboxylic acids is 1. The van der Waals surface area contributed by atoms with E-state index in [1.54, 1.807) is 7.05 Å². The van der Waals surface area contributed by atoms with E-state index in [2.05, 4.69) is 0 Å². The van der Waals surface area contributed by atoms with Gasteiger partial charge in [-0.25, -0.2) is 4.79 Å². The minimum Gasteiger partial charge on any atom is -0.479 e. The summed E-state index contributed by atoms with van der Waals surface area (Å²) in [5.74, 6) is -2.25. The third kappa shape index (κ3) is 4.15. The highest BCUT2D eigenvalue weighted by Gasteiger charge is 2.45. The van der Waals surface area contributed by atoms with Crippen LogP contribution in [-0.4, -0.2) is 45.6 Å². The lowest BCUT2D eigenvalue weighted by Gasteiger charge is -2.34. The van der Waals surface area contributed by atoms with Gasteiger partial charge in [-0.1, -0.05) is 50.6 Å². The Balaban J connectivity index is 3.02. The number of likely N-dealkylation sites (N-methyl/N-ethyl adjacent to an activating group) is 1. The molecule has 0 aliphatic carbocycles. The molecule has 0 aliphatic rings. The van der Waals surface area contributed by atoms with E-state index >= 15 is 0 Å². The third-order valence-electron chi connectivity index (χ3n) is 4.10. The smallest absolute Gasteiger partial charge is 0.343 e. The number of nitrogens with zero attached hydrogens (tertiary/aromatic N) is 1. The Morgan fingerprint density at radius 3 is 2.27 bits per heavy atom. The first-order chi connectivity index (χ1) is 10.2. The number of benzene rings is 1. The molecule has 0 saturated heterocycles. The van der Waals surface area contributed by atoms with Crippen molar-refractivity contribution < 1.29 is 19.8 Å². The van der Waals surface area contributed by atoms with Crippen LogP contribution < -0.4 is 0 Å². The van der Waals surface area contributed by atoms with Crippen LogP contribution in [0.25, 0.3) is 0 Å². The average Bonchev–Trinajstić information content (AvgIpc) is 2.47. The first kappa shape index (κ1) is 18.3. The molecule has 2 N–H and O–H groups in total. The first-order valence-electron chi connectivity index (χ1n) is 7.46. The molecule has 5 nitrogen and oxygen atoms in total. The Hall–Kier alpha value is -1.72. The van der Waals surface area contributed by atoms with Crippen LogP contribution in [0, 0.1) is 5.92 Å². The SMILES string of the molecule is CCC(C)[C@@H](C(=O)C(C)(O)C(=O)O)N(C)Cc1ccccc1. The maximum atomic E-state index is 12.6. The van der Waals surface area contributed by atoms with Crippen molar-refractivity contribution >= 4 is 11.8 Å². The van der Waals surface area contributed by atoms with E-state index in [4.69, 9.17) is 5.11 Å². The second-order valence-corrected chi connectivity index (χ2v) is 5.97. The molecule has 0 amide bonds. The fourth-order valence-electron chi connectivity index (χ4n) is 2.48. The van der Waals surface area contributed by atoms with Gasteiger partial charge in [-0.2, -0.15) is 0 Å². The van der Waals surface area contributed by atoms with Gasteiger partial charge in [-0.3, -0.25) is 9.69 Å². The molecule has 22 heavy (non-hydrogen) atoms. The summed E-state index contributed by atoms with van der Waals surface area (Å²) in [6.07, 6.45) is 0.714. The van der Waals surface area contributed by atoms with Gasteiger partial charge in [0, 0.05) is 6.54 Å². The second-order valence-electron chi connectivity index (χ2n) is 5.97. The predicted molar refractivity (Wildman–Crippen MR) is 84.4 cm³/mol. The number of carboxylic acids is 1. The quantitative estimate of drug-likeness (QED) is 0.718. The summed E-state index contributed by atoms with van der Waals surface area (Å²) < 4.78 is 0. The standard InChI is InChI=1S/C17H25NO4/c1-5-12(2)14(15(19)17(3,22)16(20)21)18(4)11-13-9-7-6-8-10-13/h6-10,12,14,22H,5,11H2,1-4H3,(H,20,21)/t12?,14-,17?/m0/s1. The number of hydrogen-bond donors (Lipinski definition) is 2. The van der Waals surface area contributed by atoms with Gasteiger partial charge < -0.3 is 10.2 Å². The number of Topliss-reactive ketones (excluding diaryl/α,β-unsaturated/α-hetero) is 1. The minimum atomic E-state index is -2.38. The fourth-order valence-corrected chi connectivity index (χ4v) is 2.48. The highest BCUT2D eigenvalue weighted by molar-refractivity contribution is 6.08. The molecule has 2 unspecified atom stereocenters. The Morgan fingerprint density at radius 2 is 1.82 bits per heavy atom. The molecule has 0 radical (unpaired) electrons. The molecule has 0 bridgehead atoms. The highest BCUT2D eigenvalue weighted by atomic mass is 16.4. The molecule has 5 heteroatoms. The van der Waals surface area contributed by atoms with Crippen molar-refractivity contribution in [3.8, 4) is 0 Å². The number of rotatable bonds is 8. The predicted octanol–water partition coefficient (Wildman–Crippen LogP) is 1.94. The van der Waals surface area contributed by atoms with Crippen molar-refractivity contribution in [3.63, 3.8) is 0 Å². The van der Waals surface area contributed by atoms with E-state index in [-0.39, 0.29) is 5.92 Å². The topological polar surface area (TPSA) is 77.8 Å². The van der Waals surface area contributed by atoms with Gasteiger partial charge in [0.25, 0.3) is 0 Å². The van der Waals surface area contributed by atoms with Gasteiger partial charge in [0.1, 0.15) is 0 Å². The Kier molecular flexibility index (Phi) is 6.26. The van der Waals surface area contributed by atoms with E-state index < -0.39 is 23.4 Å². The van der Waals surface area contributed by atoms with Gasteiger partial charge in [0.15, 0.2) is 5.78 Å². The van der Waals surface area contributed by atoms with Crippen molar-refractivity contribution in [1.82, 2.24) is 4.90 Å². The molecule has 0 aliphatic heterocycles. The van der Waals surface area contributed by atoms with Gasteiger partial charge >= 0.3 is 5.97 Å². The van der Waals surface area contributed by atoms with Crippen molar-refractivity contribution in [2.45, 2.75) is 45.4 Å². The second kappa shape index (κ2) is 7.51. The van der Waals surface area contributed by atoms with Crippen LogP contribution in [0.2, 0.25) is 0 Å². The maximum Gasteiger partial charge on any atom is 0.343 e. The number of carbonyl (C=O) groups is 2. The zero-order valence-corrected chi connectivity index (χ0v) is 13.6. The summed E-state index contributed by atoms with van der Waals surface area (Å²) in [5, 5.41) is 19.1. The molecule has 3 atom stereocenters. The lowest BCUT2D eigenvalue weighted by atomic mass is 9.85. The lowest BCUT2D eigenvalue weighted by molar-refractivity contribution is -0.166. The third-order valence-corrected chi connectivity index (χ3v) is 4.10. The molecular weight excluding hydrogens is 282 g/mol. The van der Waals surface area contributed by atoms with Crippen LogP contribution in [0.3, 0.4) is 0 Å². The van der Waals surface area contributed by atoms with Gasteiger partial charge in [-0.15, -0.1) is 0 Å². The number of carbonyl (C=O) groups excluding carboxylic acids is 1. The largest absolute Gasteiger partial charge is 0.479 e. The van der Waals surface area contributed by atoms with Crippen LogP contribution in [0.15, 0.2) is 30.3 Å². The van der Waals surface area contributed by atoms with Crippen LogP contribution >= 0.6 is 0 Å². The number of ketones is 1. The molecule has 0 spiro atoms. The summed E-state index contributed by atoms with van der Waals surface area (Å²) in [4.78, 5) is 25.5. The Labute approximate surface area is 131 Å². The lowest BCUT2D eigenvalue weighted by Crippen LogP contribution is -2.55. The maximum absolute atomic E-state index is 12.6. The molecule has 1 aromatic rings. The van der Waals surface area contributed by atoms with Gasteiger partial charge in [0.05, 0.1) is 6.04 Å². The summed E-state index contributed by atoms with van der Waals surface area (Å²) in [6, 6.07) is 8.98. The Bertz CT molecular complexity index is 513. The average molecular weight is 307 g/mol. The summed E-state index contributed by atoms with van der Waals surface area (Å²) in [7, 11) is 1.78. The molecule has 0 aromatic heterocycles. The normalized spacial score (nSPS) is 16.8. The number of aliphatic hydroxyl groups is 1. The number of carboxylic acid groups (broad SMARTS) is 1.